The van der Waals surface area contributed by atoms with Crippen molar-refractivity contribution < 1.29 is 23.2 Å². The molecule has 1 N–H and O–H groups in total. The molecule has 2 aliphatic heterocycles. The Morgan fingerprint density at radius 1 is 1.23 bits per heavy atom. The van der Waals surface area contributed by atoms with Gasteiger partial charge in [0.05, 0.1) is 12.0 Å². The smallest absolute Gasteiger partial charge is 0.289 e. The number of amides is 3. The van der Waals surface area contributed by atoms with Crippen LogP contribution in [0.4, 0.5) is 4.39 Å². The second-order valence-electron chi connectivity index (χ2n) is 6.72. The molecule has 0 aliphatic carbocycles. The molecule has 0 unspecified atom stereocenters. The molecule has 0 radical (unpaired) electrons. The van der Waals surface area contributed by atoms with E-state index in [9.17, 15) is 18.8 Å². The highest BCUT2D eigenvalue weighted by Gasteiger charge is 2.43. The average Bonchev–Trinajstić information content (AvgIpc) is 3.16. The first-order valence-corrected chi connectivity index (χ1v) is 8.45. The van der Waals surface area contributed by atoms with Crippen LogP contribution >= 0.6 is 0 Å². The molecule has 1 aromatic heterocycles. The van der Waals surface area contributed by atoms with E-state index in [0.29, 0.717) is 30.6 Å². The quantitative estimate of drug-likeness (QED) is 0.886. The second kappa shape index (κ2) is 6.12. The maximum Gasteiger partial charge on any atom is 0.289 e. The molecule has 2 aromatic rings. The molecule has 0 spiro atoms. The third-order valence-corrected chi connectivity index (χ3v) is 5.06. The van der Waals surface area contributed by atoms with Gasteiger partial charge in [-0.05, 0) is 24.3 Å². The first-order chi connectivity index (χ1) is 12.5. The number of rotatable bonds is 3. The lowest BCUT2D eigenvalue weighted by Crippen LogP contribution is -2.61. The summed E-state index contributed by atoms with van der Waals surface area (Å²) in [5, 5.41) is 3.10. The summed E-state index contributed by atoms with van der Waals surface area (Å²) in [7, 11) is 1.55. The van der Waals surface area contributed by atoms with Gasteiger partial charge in [-0.15, -0.1) is 0 Å². The molecule has 26 heavy (non-hydrogen) atoms. The maximum atomic E-state index is 13.3. The molecule has 0 bridgehead atoms. The van der Waals surface area contributed by atoms with E-state index in [2.05, 4.69) is 5.32 Å². The fourth-order valence-electron chi connectivity index (χ4n) is 3.56. The van der Waals surface area contributed by atoms with Crippen LogP contribution in [0, 0.1) is 11.7 Å². The van der Waals surface area contributed by atoms with Gasteiger partial charge in [0.15, 0.2) is 5.76 Å². The summed E-state index contributed by atoms with van der Waals surface area (Å²) in [5.74, 6) is -1.05. The van der Waals surface area contributed by atoms with Gasteiger partial charge >= 0.3 is 0 Å². The van der Waals surface area contributed by atoms with E-state index >= 15 is 0 Å². The summed E-state index contributed by atoms with van der Waals surface area (Å²) in [6.45, 7) is 1.18. The van der Waals surface area contributed by atoms with Crippen molar-refractivity contribution in [2.24, 2.45) is 5.92 Å². The molecule has 3 amide bonds. The average molecular weight is 359 g/mol. The maximum absolute atomic E-state index is 13.3. The number of furan rings is 1. The van der Waals surface area contributed by atoms with Crippen molar-refractivity contribution in [2.75, 3.05) is 26.7 Å². The van der Waals surface area contributed by atoms with Crippen LogP contribution in [0.2, 0.25) is 0 Å². The predicted octanol–water partition coefficient (Wildman–Crippen LogP) is 0.991. The SMILES string of the molecule is CNC(=O)[C@@H]1CC(=O)N(C2CN(C(=O)c3cc4cc(F)ccc4o3)C2)C1. The number of fused-ring (bicyclic) bond motifs is 1. The zero-order valence-electron chi connectivity index (χ0n) is 14.2. The minimum Gasteiger partial charge on any atom is -0.451 e. The first kappa shape index (κ1) is 16.6. The van der Waals surface area contributed by atoms with Crippen LogP contribution in [-0.2, 0) is 9.59 Å². The number of halogens is 1. The molecule has 0 saturated carbocycles. The number of benzene rings is 1. The van der Waals surface area contributed by atoms with Crippen LogP contribution < -0.4 is 5.32 Å². The summed E-state index contributed by atoms with van der Waals surface area (Å²) in [6, 6.07) is 5.53. The molecule has 1 atom stereocenters. The van der Waals surface area contributed by atoms with Crippen LogP contribution in [0.3, 0.4) is 0 Å². The predicted molar refractivity (Wildman–Crippen MR) is 89.8 cm³/mol. The Bertz CT molecular complexity index is 903. The lowest BCUT2D eigenvalue weighted by atomic mass is 10.1. The van der Waals surface area contributed by atoms with Gasteiger partial charge in [0.1, 0.15) is 11.4 Å². The van der Waals surface area contributed by atoms with Crippen molar-refractivity contribution in [2.45, 2.75) is 12.5 Å². The van der Waals surface area contributed by atoms with Crippen molar-refractivity contribution in [3.05, 3.63) is 35.8 Å². The highest BCUT2D eigenvalue weighted by atomic mass is 19.1. The van der Waals surface area contributed by atoms with Crippen LogP contribution in [0.1, 0.15) is 17.0 Å². The van der Waals surface area contributed by atoms with Crippen molar-refractivity contribution >= 4 is 28.7 Å². The zero-order chi connectivity index (χ0) is 18.4. The van der Waals surface area contributed by atoms with Gasteiger partial charge < -0.3 is 19.5 Å². The molecule has 8 heteroatoms. The molecule has 4 rings (SSSR count). The minimum atomic E-state index is -0.389. The standard InChI is InChI=1S/C18H18FN3O4/c1-20-17(24)11-6-16(23)22(7-11)13-8-21(9-13)18(25)15-5-10-4-12(19)2-3-14(10)26-15/h2-5,11,13H,6-9H2,1H3,(H,20,24)/t11-/m1/s1. The Balaban J connectivity index is 1.40. The lowest BCUT2D eigenvalue weighted by molar-refractivity contribution is -0.132. The largest absolute Gasteiger partial charge is 0.451 e. The van der Waals surface area contributed by atoms with Gasteiger partial charge in [0, 0.05) is 38.5 Å². The van der Waals surface area contributed by atoms with E-state index in [0.717, 1.165) is 0 Å². The summed E-state index contributed by atoms with van der Waals surface area (Å²) in [6.07, 6.45) is 0.208. The third kappa shape index (κ3) is 2.71. The van der Waals surface area contributed by atoms with Gasteiger partial charge in [-0.25, -0.2) is 4.39 Å². The topological polar surface area (TPSA) is 82.9 Å². The van der Waals surface area contributed by atoms with Crippen molar-refractivity contribution in [1.29, 1.82) is 0 Å². The van der Waals surface area contributed by atoms with E-state index in [1.165, 1.54) is 24.3 Å². The summed E-state index contributed by atoms with van der Waals surface area (Å²) in [4.78, 5) is 39.6. The van der Waals surface area contributed by atoms with Crippen LogP contribution in [0.5, 0.6) is 0 Å². The highest BCUT2D eigenvalue weighted by Crippen LogP contribution is 2.27. The zero-order valence-corrected chi connectivity index (χ0v) is 14.2. The number of nitrogens with zero attached hydrogens (tertiary/aromatic N) is 2. The van der Waals surface area contributed by atoms with Gasteiger partial charge in [-0.1, -0.05) is 0 Å². The first-order valence-electron chi connectivity index (χ1n) is 8.45. The third-order valence-electron chi connectivity index (χ3n) is 5.06. The molecule has 3 heterocycles. The van der Waals surface area contributed by atoms with Crippen molar-refractivity contribution in [3.8, 4) is 0 Å². The van der Waals surface area contributed by atoms with E-state index in [4.69, 9.17) is 4.42 Å². The summed E-state index contributed by atoms with van der Waals surface area (Å²) in [5.41, 5.74) is 0.454. The fourth-order valence-corrected chi connectivity index (χ4v) is 3.56. The number of hydrogen-bond acceptors (Lipinski definition) is 4. The number of hydrogen-bond donors (Lipinski definition) is 1. The second-order valence-corrected chi connectivity index (χ2v) is 6.72. The minimum absolute atomic E-state index is 0.0603. The van der Waals surface area contributed by atoms with Crippen molar-refractivity contribution in [3.63, 3.8) is 0 Å². The molecule has 136 valence electrons. The van der Waals surface area contributed by atoms with Crippen LogP contribution in [0.15, 0.2) is 28.7 Å². The molecular formula is C18H18FN3O4. The Labute approximate surface area is 148 Å². The van der Waals surface area contributed by atoms with E-state index in [1.54, 1.807) is 16.8 Å². The normalized spacial score (nSPS) is 20.5. The lowest BCUT2D eigenvalue weighted by Gasteiger charge is -2.43. The van der Waals surface area contributed by atoms with Gasteiger partial charge in [0.25, 0.3) is 5.91 Å². The van der Waals surface area contributed by atoms with Gasteiger partial charge in [0.2, 0.25) is 11.8 Å². The number of carbonyl (C=O) groups is 3. The molecule has 2 saturated heterocycles. The molecule has 2 fully saturated rings. The Hall–Kier alpha value is -2.90. The molecule has 1 aromatic carbocycles. The summed E-state index contributed by atoms with van der Waals surface area (Å²) < 4.78 is 18.7. The molecule has 7 nitrogen and oxygen atoms in total. The molecule has 2 aliphatic rings. The van der Waals surface area contributed by atoms with Gasteiger partial charge in [-0.3, -0.25) is 14.4 Å². The Kier molecular flexibility index (Phi) is 3.90. The number of likely N-dealkylation sites (tertiary alicyclic amines) is 2. The van der Waals surface area contributed by atoms with E-state index in [-0.39, 0.29) is 47.7 Å². The van der Waals surface area contributed by atoms with Gasteiger partial charge in [-0.2, -0.15) is 0 Å². The van der Waals surface area contributed by atoms with Crippen molar-refractivity contribution in [1.82, 2.24) is 15.1 Å². The van der Waals surface area contributed by atoms with E-state index in [1.807, 2.05) is 0 Å². The van der Waals surface area contributed by atoms with E-state index < -0.39 is 0 Å². The Morgan fingerprint density at radius 3 is 2.73 bits per heavy atom. The van der Waals surface area contributed by atoms with Crippen LogP contribution in [0.25, 0.3) is 11.0 Å². The number of carbonyl (C=O) groups excluding carboxylic acids is 3. The fraction of sp³-hybridized carbons (Fsp3) is 0.389. The van der Waals surface area contributed by atoms with Crippen LogP contribution in [-0.4, -0.2) is 60.2 Å². The highest BCUT2D eigenvalue weighted by molar-refractivity contribution is 5.97. The Morgan fingerprint density at radius 2 is 2.00 bits per heavy atom. The summed E-state index contributed by atoms with van der Waals surface area (Å²) >= 11 is 0. The monoisotopic (exact) mass is 359 g/mol. The molecular weight excluding hydrogens is 341 g/mol. The number of nitrogens with one attached hydrogen (secondary N) is 1.